The predicted octanol–water partition coefficient (Wildman–Crippen LogP) is 2.06. The lowest BCUT2D eigenvalue weighted by atomic mass is 9.93. The number of hydrogen-bond donors (Lipinski definition) is 1. The zero-order valence-corrected chi connectivity index (χ0v) is 12.3. The maximum absolute atomic E-state index is 12.9. The molecule has 1 saturated heterocycles. The fourth-order valence-electron chi connectivity index (χ4n) is 3.76. The molecular weight excluding hydrogens is 282 g/mol. The van der Waals surface area contributed by atoms with Crippen molar-refractivity contribution >= 4 is 23.3 Å². The largest absolute Gasteiger partial charge is 0.392 e. The Morgan fingerprint density at radius 1 is 1.32 bits per heavy atom. The van der Waals surface area contributed by atoms with Crippen LogP contribution in [0.4, 0.5) is 10.5 Å². The topological polar surface area (TPSA) is 71.0 Å². The number of rotatable bonds is 2. The van der Waals surface area contributed by atoms with Crippen molar-refractivity contribution in [2.24, 2.45) is 11.1 Å². The third-order valence-electron chi connectivity index (χ3n) is 4.84. The van der Waals surface area contributed by atoms with Crippen LogP contribution >= 0.6 is 0 Å². The normalized spacial score (nSPS) is 33.0. The summed E-state index contributed by atoms with van der Waals surface area (Å²) in [7, 11) is 0. The molecule has 1 spiro atoms. The van der Waals surface area contributed by atoms with E-state index in [1.807, 2.05) is 25.1 Å². The predicted molar refractivity (Wildman–Crippen MR) is 80.5 cm³/mol. The van der Waals surface area contributed by atoms with Crippen molar-refractivity contribution in [2.45, 2.75) is 37.8 Å². The molecule has 3 aliphatic rings. The quantitative estimate of drug-likeness (QED) is 0.850. The van der Waals surface area contributed by atoms with Gasteiger partial charge in [-0.2, -0.15) is 0 Å². The van der Waals surface area contributed by atoms with Crippen molar-refractivity contribution in [2.75, 3.05) is 4.90 Å². The van der Waals surface area contributed by atoms with Crippen LogP contribution in [0.3, 0.4) is 0 Å². The number of oxime groups is 1. The maximum atomic E-state index is 12.9. The van der Waals surface area contributed by atoms with Gasteiger partial charge < -0.3 is 10.2 Å². The van der Waals surface area contributed by atoms with Crippen LogP contribution in [0.25, 0.3) is 0 Å². The number of carbonyl (C=O) groups is 2. The van der Waals surface area contributed by atoms with Crippen molar-refractivity contribution in [3.63, 3.8) is 0 Å². The first-order valence-corrected chi connectivity index (χ1v) is 7.59. The standard InChI is InChI=1S/C16H17N3O3/c1-2-12-11-8-16(9-13(11)22-18-12)14(20)19(15(21)17-16)10-6-4-3-5-7-10/h3-7,11,13H,2,8-9H2,1H3,(H,17,21)/t11-,13-,16+/m0/s1. The van der Waals surface area contributed by atoms with Gasteiger partial charge in [-0.3, -0.25) is 4.79 Å². The molecule has 1 saturated carbocycles. The van der Waals surface area contributed by atoms with Crippen LogP contribution in [-0.2, 0) is 9.63 Å². The number of urea groups is 1. The Labute approximate surface area is 128 Å². The molecule has 0 radical (unpaired) electrons. The monoisotopic (exact) mass is 299 g/mol. The number of anilines is 1. The van der Waals surface area contributed by atoms with Crippen LogP contribution in [-0.4, -0.2) is 29.3 Å². The SMILES string of the molecule is CCC1=NO[C@H]2C[C@@]3(C[C@@H]12)NC(=O)N(c1ccccc1)C3=O. The molecule has 1 N–H and O–H groups in total. The van der Waals surface area contributed by atoms with Crippen LogP contribution in [0.1, 0.15) is 26.2 Å². The summed E-state index contributed by atoms with van der Waals surface area (Å²) in [5, 5.41) is 7.00. The average Bonchev–Trinajstić information content (AvgIpc) is 3.12. The van der Waals surface area contributed by atoms with Crippen LogP contribution in [0.5, 0.6) is 0 Å². The number of fused-ring (bicyclic) bond motifs is 1. The Balaban J connectivity index is 1.65. The third kappa shape index (κ3) is 1.70. The summed E-state index contributed by atoms with van der Waals surface area (Å²) in [6.07, 6.45) is 1.76. The Morgan fingerprint density at radius 2 is 2.09 bits per heavy atom. The highest BCUT2D eigenvalue weighted by Crippen LogP contribution is 2.45. The fraction of sp³-hybridized carbons (Fsp3) is 0.438. The van der Waals surface area contributed by atoms with Crippen molar-refractivity contribution in [3.05, 3.63) is 30.3 Å². The van der Waals surface area contributed by atoms with E-state index in [9.17, 15) is 9.59 Å². The number of amides is 3. The van der Waals surface area contributed by atoms with Gasteiger partial charge in [-0.15, -0.1) is 0 Å². The van der Waals surface area contributed by atoms with Crippen LogP contribution in [0.2, 0.25) is 0 Å². The van der Waals surface area contributed by atoms with Gasteiger partial charge in [0.2, 0.25) is 0 Å². The average molecular weight is 299 g/mol. The Morgan fingerprint density at radius 3 is 2.82 bits per heavy atom. The van der Waals surface area contributed by atoms with Gasteiger partial charge in [0.1, 0.15) is 11.6 Å². The number of benzene rings is 1. The first kappa shape index (κ1) is 13.3. The second kappa shape index (κ2) is 4.56. The summed E-state index contributed by atoms with van der Waals surface area (Å²) in [5.74, 6) is -0.0536. The molecule has 0 aromatic heterocycles. The molecule has 4 rings (SSSR count). The number of nitrogens with one attached hydrogen (secondary N) is 1. The molecule has 3 atom stereocenters. The van der Waals surface area contributed by atoms with Crippen LogP contribution in [0, 0.1) is 5.92 Å². The summed E-state index contributed by atoms with van der Waals surface area (Å²) < 4.78 is 0. The molecule has 6 nitrogen and oxygen atoms in total. The van der Waals surface area contributed by atoms with Gasteiger partial charge in [0.15, 0.2) is 0 Å². The van der Waals surface area contributed by atoms with E-state index in [2.05, 4.69) is 10.5 Å². The smallest absolute Gasteiger partial charge is 0.329 e. The zero-order chi connectivity index (χ0) is 15.3. The minimum atomic E-state index is -0.849. The van der Waals surface area contributed by atoms with Gasteiger partial charge in [-0.05, 0) is 25.0 Å². The number of hydrogen-bond acceptors (Lipinski definition) is 4. The molecule has 1 aliphatic carbocycles. The van der Waals surface area contributed by atoms with E-state index < -0.39 is 5.54 Å². The third-order valence-corrected chi connectivity index (χ3v) is 4.84. The van der Waals surface area contributed by atoms with Crippen LogP contribution in [0.15, 0.2) is 35.5 Å². The number of nitrogens with zero attached hydrogens (tertiary/aromatic N) is 2. The second-order valence-corrected chi connectivity index (χ2v) is 6.08. The zero-order valence-electron chi connectivity index (χ0n) is 12.3. The fourth-order valence-corrected chi connectivity index (χ4v) is 3.76. The Hall–Kier alpha value is -2.37. The van der Waals surface area contributed by atoms with Gasteiger partial charge >= 0.3 is 6.03 Å². The van der Waals surface area contributed by atoms with Crippen molar-refractivity contribution < 1.29 is 14.4 Å². The molecule has 2 aliphatic heterocycles. The van der Waals surface area contributed by atoms with Crippen LogP contribution < -0.4 is 10.2 Å². The lowest BCUT2D eigenvalue weighted by Crippen LogP contribution is -2.45. The van der Waals surface area contributed by atoms with E-state index in [0.717, 1.165) is 12.1 Å². The molecule has 2 fully saturated rings. The first-order valence-electron chi connectivity index (χ1n) is 7.59. The Kier molecular flexibility index (Phi) is 2.76. The van der Waals surface area contributed by atoms with E-state index in [1.165, 1.54) is 4.90 Å². The molecule has 114 valence electrons. The van der Waals surface area contributed by atoms with Gasteiger partial charge in [0, 0.05) is 12.3 Å². The highest BCUT2D eigenvalue weighted by atomic mass is 16.6. The summed E-state index contributed by atoms with van der Waals surface area (Å²) in [6.45, 7) is 2.03. The van der Waals surface area contributed by atoms with Crippen molar-refractivity contribution in [1.29, 1.82) is 0 Å². The molecule has 1 aromatic rings. The van der Waals surface area contributed by atoms with E-state index in [1.54, 1.807) is 12.1 Å². The Bertz CT molecular complexity index is 672. The molecule has 1 aromatic carbocycles. The molecule has 0 unspecified atom stereocenters. The summed E-state index contributed by atoms with van der Waals surface area (Å²) in [6, 6.07) is 8.66. The number of para-hydroxylation sites is 1. The summed E-state index contributed by atoms with van der Waals surface area (Å²) in [4.78, 5) is 32.0. The molecule has 0 bridgehead atoms. The van der Waals surface area contributed by atoms with Gasteiger partial charge in [-0.1, -0.05) is 30.3 Å². The number of imide groups is 1. The lowest BCUT2D eigenvalue weighted by molar-refractivity contribution is -0.122. The molecular formula is C16H17N3O3. The molecule has 6 heteroatoms. The molecule has 22 heavy (non-hydrogen) atoms. The minimum Gasteiger partial charge on any atom is -0.392 e. The maximum Gasteiger partial charge on any atom is 0.329 e. The second-order valence-electron chi connectivity index (χ2n) is 6.08. The minimum absolute atomic E-state index is 0.102. The van der Waals surface area contributed by atoms with E-state index in [0.29, 0.717) is 18.5 Å². The molecule has 3 amide bonds. The van der Waals surface area contributed by atoms with Crippen molar-refractivity contribution in [1.82, 2.24) is 5.32 Å². The first-order chi connectivity index (χ1) is 10.6. The summed E-state index contributed by atoms with van der Waals surface area (Å²) in [5.41, 5.74) is 0.741. The van der Waals surface area contributed by atoms with Crippen molar-refractivity contribution in [3.8, 4) is 0 Å². The highest BCUT2D eigenvalue weighted by Gasteiger charge is 2.61. The number of carbonyl (C=O) groups excluding carboxylic acids is 2. The van der Waals surface area contributed by atoms with Gasteiger partial charge in [0.25, 0.3) is 5.91 Å². The highest BCUT2D eigenvalue weighted by molar-refractivity contribution is 6.23. The lowest BCUT2D eigenvalue weighted by Gasteiger charge is -2.21. The molecule has 2 heterocycles. The summed E-state index contributed by atoms with van der Waals surface area (Å²) >= 11 is 0. The van der Waals surface area contributed by atoms with E-state index in [4.69, 9.17) is 4.84 Å². The van der Waals surface area contributed by atoms with Gasteiger partial charge in [0.05, 0.1) is 11.4 Å². The van der Waals surface area contributed by atoms with E-state index in [-0.39, 0.29) is 24.0 Å². The van der Waals surface area contributed by atoms with E-state index >= 15 is 0 Å². The van der Waals surface area contributed by atoms with Gasteiger partial charge in [-0.25, -0.2) is 9.69 Å².